The first-order valence-corrected chi connectivity index (χ1v) is 8.44. The number of rotatable bonds is 3. The Hall–Kier alpha value is -2.82. The Kier molecular flexibility index (Phi) is 3.53. The molecule has 2 N–H and O–H groups in total. The second kappa shape index (κ2) is 5.62. The van der Waals surface area contributed by atoms with Crippen molar-refractivity contribution in [1.82, 2.24) is 4.90 Å². The zero-order valence-electron chi connectivity index (χ0n) is 14.1. The Morgan fingerprint density at radius 3 is 2.40 bits per heavy atom. The number of nitrogens with zero attached hydrogens (tertiary/aromatic N) is 1. The highest BCUT2D eigenvalue weighted by Crippen LogP contribution is 2.43. The summed E-state index contributed by atoms with van der Waals surface area (Å²) >= 11 is 0. The van der Waals surface area contributed by atoms with Crippen molar-refractivity contribution in [2.75, 3.05) is 12.8 Å². The fourth-order valence-corrected chi connectivity index (χ4v) is 3.79. The van der Waals surface area contributed by atoms with Crippen LogP contribution < -0.4 is 5.73 Å². The quantitative estimate of drug-likeness (QED) is 0.691. The van der Waals surface area contributed by atoms with Crippen molar-refractivity contribution in [2.24, 2.45) is 0 Å². The molecule has 4 rings (SSSR count). The van der Waals surface area contributed by atoms with Gasteiger partial charge in [0.25, 0.3) is 5.91 Å². The molecule has 1 saturated carbocycles. The van der Waals surface area contributed by atoms with Crippen LogP contribution in [0, 0.1) is 0 Å². The minimum Gasteiger partial charge on any atom is -0.467 e. The minimum atomic E-state index is -0.786. The van der Waals surface area contributed by atoms with Crippen LogP contribution in [-0.2, 0) is 16.1 Å². The smallest absolute Gasteiger partial charge is 0.331 e. The predicted molar refractivity (Wildman–Crippen MR) is 94.8 cm³/mol. The van der Waals surface area contributed by atoms with Crippen LogP contribution in [0.25, 0.3) is 11.1 Å². The zero-order valence-corrected chi connectivity index (χ0v) is 14.1. The Morgan fingerprint density at radius 1 is 1.12 bits per heavy atom. The summed E-state index contributed by atoms with van der Waals surface area (Å²) in [5, 5.41) is 0. The number of anilines is 1. The van der Waals surface area contributed by atoms with Gasteiger partial charge in [0.05, 0.1) is 7.11 Å². The molecule has 1 aliphatic heterocycles. The summed E-state index contributed by atoms with van der Waals surface area (Å²) in [6.07, 6.45) is 2.28. The van der Waals surface area contributed by atoms with Gasteiger partial charge in [-0.15, -0.1) is 0 Å². The molecule has 25 heavy (non-hydrogen) atoms. The van der Waals surface area contributed by atoms with Crippen LogP contribution >= 0.6 is 0 Å². The first kappa shape index (κ1) is 15.7. The molecule has 0 spiro atoms. The maximum atomic E-state index is 13.0. The van der Waals surface area contributed by atoms with Crippen LogP contribution in [0.3, 0.4) is 0 Å². The lowest BCUT2D eigenvalue weighted by molar-refractivity contribution is -0.159. The number of esters is 1. The van der Waals surface area contributed by atoms with E-state index in [0.29, 0.717) is 30.6 Å². The highest BCUT2D eigenvalue weighted by atomic mass is 16.5. The number of ether oxygens (including phenoxy) is 1. The van der Waals surface area contributed by atoms with E-state index < -0.39 is 5.54 Å². The van der Waals surface area contributed by atoms with Crippen LogP contribution in [0.2, 0.25) is 0 Å². The topological polar surface area (TPSA) is 72.6 Å². The molecule has 0 atom stereocenters. The second-order valence-electron chi connectivity index (χ2n) is 6.76. The molecule has 1 amide bonds. The summed E-state index contributed by atoms with van der Waals surface area (Å²) in [4.78, 5) is 27.0. The lowest BCUT2D eigenvalue weighted by Crippen LogP contribution is -2.59. The van der Waals surface area contributed by atoms with Gasteiger partial charge in [-0.2, -0.15) is 0 Å². The molecular formula is C20H20N2O3. The molecule has 1 aliphatic carbocycles. The minimum absolute atomic E-state index is 0.0857. The molecule has 0 unspecified atom stereocenters. The second-order valence-corrected chi connectivity index (χ2v) is 6.76. The van der Waals surface area contributed by atoms with Crippen molar-refractivity contribution >= 4 is 17.6 Å². The third-order valence-electron chi connectivity index (χ3n) is 5.42. The number of hydrogen-bond donors (Lipinski definition) is 1. The fraction of sp³-hybridized carbons (Fsp3) is 0.300. The van der Waals surface area contributed by atoms with E-state index in [4.69, 9.17) is 10.5 Å². The number of fused-ring (bicyclic) bond motifs is 1. The molecule has 0 radical (unpaired) electrons. The number of nitrogen functional groups attached to an aromatic ring is 1. The standard InChI is InChI=1S/C20H20N2O3/c1-25-19(24)20(9-2-10-20)22-12-15-4-3-14(11-17(15)18(22)23)13-5-7-16(21)8-6-13/h3-8,11H,2,9-10,12,21H2,1H3. The van der Waals surface area contributed by atoms with Gasteiger partial charge in [0, 0.05) is 17.8 Å². The molecule has 2 aliphatic rings. The van der Waals surface area contributed by atoms with Crippen LogP contribution in [0.1, 0.15) is 35.2 Å². The molecule has 2 aromatic rings. The van der Waals surface area contributed by atoms with Crippen LogP contribution in [0.5, 0.6) is 0 Å². The van der Waals surface area contributed by atoms with Gasteiger partial charge >= 0.3 is 5.97 Å². The van der Waals surface area contributed by atoms with Gasteiger partial charge in [-0.3, -0.25) is 4.79 Å². The lowest BCUT2D eigenvalue weighted by atomic mass is 9.75. The number of benzene rings is 2. The van der Waals surface area contributed by atoms with Gasteiger partial charge in [-0.1, -0.05) is 24.3 Å². The Balaban J connectivity index is 1.68. The molecule has 1 heterocycles. The Morgan fingerprint density at radius 2 is 1.80 bits per heavy atom. The zero-order chi connectivity index (χ0) is 17.6. The lowest BCUT2D eigenvalue weighted by Gasteiger charge is -2.45. The molecule has 1 fully saturated rings. The van der Waals surface area contributed by atoms with Crippen LogP contribution in [0.4, 0.5) is 5.69 Å². The molecule has 0 bridgehead atoms. The number of nitrogens with two attached hydrogens (primary N) is 1. The first-order valence-electron chi connectivity index (χ1n) is 8.44. The van der Waals surface area contributed by atoms with Crippen molar-refractivity contribution in [2.45, 2.75) is 31.3 Å². The average Bonchev–Trinajstić information content (AvgIpc) is 2.91. The van der Waals surface area contributed by atoms with E-state index in [9.17, 15) is 9.59 Å². The molecule has 5 heteroatoms. The summed E-state index contributed by atoms with van der Waals surface area (Å²) in [5.74, 6) is -0.393. The first-order chi connectivity index (χ1) is 12.0. The average molecular weight is 336 g/mol. The Labute approximate surface area is 146 Å². The SMILES string of the molecule is COC(=O)C1(N2Cc3ccc(-c4ccc(N)cc4)cc3C2=O)CCC1. The molecule has 128 valence electrons. The van der Waals surface area contributed by atoms with Gasteiger partial charge in [0.1, 0.15) is 5.54 Å². The molecule has 0 aromatic heterocycles. The fourth-order valence-electron chi connectivity index (χ4n) is 3.79. The highest BCUT2D eigenvalue weighted by molar-refractivity contribution is 6.03. The van der Waals surface area contributed by atoms with Gasteiger partial charge in [-0.05, 0) is 54.2 Å². The normalized spacial score (nSPS) is 17.8. The maximum absolute atomic E-state index is 13.0. The van der Waals surface area contributed by atoms with E-state index in [2.05, 4.69) is 0 Å². The van der Waals surface area contributed by atoms with Crippen molar-refractivity contribution < 1.29 is 14.3 Å². The largest absolute Gasteiger partial charge is 0.467 e. The van der Waals surface area contributed by atoms with E-state index in [1.807, 2.05) is 42.5 Å². The van der Waals surface area contributed by atoms with E-state index in [0.717, 1.165) is 23.1 Å². The molecule has 5 nitrogen and oxygen atoms in total. The van der Waals surface area contributed by atoms with E-state index in [-0.39, 0.29) is 11.9 Å². The van der Waals surface area contributed by atoms with Crippen molar-refractivity contribution in [1.29, 1.82) is 0 Å². The van der Waals surface area contributed by atoms with Gasteiger partial charge in [0.2, 0.25) is 0 Å². The van der Waals surface area contributed by atoms with Crippen molar-refractivity contribution in [3.63, 3.8) is 0 Å². The number of carbonyl (C=O) groups excluding carboxylic acids is 2. The summed E-state index contributed by atoms with van der Waals surface area (Å²) in [7, 11) is 1.38. The summed E-state index contributed by atoms with van der Waals surface area (Å²) in [6, 6.07) is 13.5. The third-order valence-corrected chi connectivity index (χ3v) is 5.42. The number of methoxy groups -OCH3 is 1. The summed E-state index contributed by atoms with van der Waals surface area (Å²) in [5.41, 5.74) is 9.27. The summed E-state index contributed by atoms with van der Waals surface area (Å²) < 4.78 is 4.98. The number of carbonyl (C=O) groups is 2. The van der Waals surface area contributed by atoms with E-state index in [1.54, 1.807) is 4.90 Å². The van der Waals surface area contributed by atoms with Crippen LogP contribution in [0.15, 0.2) is 42.5 Å². The monoisotopic (exact) mass is 336 g/mol. The maximum Gasteiger partial charge on any atom is 0.331 e. The van der Waals surface area contributed by atoms with Gasteiger partial charge in [-0.25, -0.2) is 4.79 Å². The van der Waals surface area contributed by atoms with Gasteiger partial charge < -0.3 is 15.4 Å². The predicted octanol–water partition coefficient (Wildman–Crippen LogP) is 2.99. The van der Waals surface area contributed by atoms with E-state index in [1.165, 1.54) is 7.11 Å². The molecule has 0 saturated heterocycles. The van der Waals surface area contributed by atoms with E-state index >= 15 is 0 Å². The Bertz CT molecular complexity index is 854. The number of amides is 1. The van der Waals surface area contributed by atoms with Crippen LogP contribution in [-0.4, -0.2) is 29.4 Å². The summed E-state index contributed by atoms with van der Waals surface area (Å²) in [6.45, 7) is 0.464. The van der Waals surface area contributed by atoms with Crippen molar-refractivity contribution in [3.05, 3.63) is 53.6 Å². The third kappa shape index (κ3) is 2.30. The molecular weight excluding hydrogens is 316 g/mol. The molecule has 2 aromatic carbocycles. The van der Waals surface area contributed by atoms with Crippen molar-refractivity contribution in [3.8, 4) is 11.1 Å². The van der Waals surface area contributed by atoms with Gasteiger partial charge in [0.15, 0.2) is 0 Å². The highest BCUT2D eigenvalue weighted by Gasteiger charge is 2.54. The number of hydrogen-bond acceptors (Lipinski definition) is 4.